The highest BCUT2D eigenvalue weighted by Crippen LogP contribution is 2.30. The first-order valence-electron chi connectivity index (χ1n) is 7.97. The Balaban J connectivity index is 1.85. The van der Waals surface area contributed by atoms with Crippen LogP contribution in [-0.4, -0.2) is 42.1 Å². The van der Waals surface area contributed by atoms with Crippen molar-refractivity contribution in [2.24, 2.45) is 0 Å². The molecule has 0 fully saturated rings. The number of carbonyl (C=O) groups excluding carboxylic acids is 1. The Morgan fingerprint density at radius 1 is 1.17 bits per heavy atom. The van der Waals surface area contributed by atoms with Crippen LogP contribution in [0.5, 0.6) is 0 Å². The first-order valence-corrected chi connectivity index (χ1v) is 7.97. The molecular formula is C16H9F4N7O2. The number of amides is 1. The lowest BCUT2D eigenvalue weighted by Gasteiger charge is -2.09. The van der Waals surface area contributed by atoms with E-state index in [2.05, 4.69) is 30.1 Å². The van der Waals surface area contributed by atoms with Crippen molar-refractivity contribution in [2.75, 3.05) is 5.32 Å². The molecule has 0 radical (unpaired) electrons. The van der Waals surface area contributed by atoms with Crippen LogP contribution in [-0.2, 0) is 11.3 Å². The van der Waals surface area contributed by atoms with Gasteiger partial charge in [-0.3, -0.25) is 10.1 Å². The van der Waals surface area contributed by atoms with Crippen molar-refractivity contribution >= 4 is 22.8 Å². The molecule has 4 rings (SSSR count). The molecule has 0 aliphatic carbocycles. The van der Waals surface area contributed by atoms with E-state index in [1.165, 1.54) is 29.0 Å². The number of nitrogens with one attached hydrogen (secondary N) is 1. The number of aromatic nitrogens is 6. The number of alkyl halides is 3. The second kappa shape index (κ2) is 6.92. The Labute approximate surface area is 158 Å². The average molecular weight is 407 g/mol. The summed E-state index contributed by atoms with van der Waals surface area (Å²) in [7, 11) is 0. The second-order valence-electron chi connectivity index (χ2n) is 5.76. The Hall–Kier alpha value is -3.90. The van der Waals surface area contributed by atoms with Gasteiger partial charge in [0.05, 0.1) is 17.8 Å². The predicted octanol–water partition coefficient (Wildman–Crippen LogP) is 2.56. The van der Waals surface area contributed by atoms with Crippen LogP contribution in [0.4, 0.5) is 23.4 Å². The predicted molar refractivity (Wildman–Crippen MR) is 88.8 cm³/mol. The van der Waals surface area contributed by atoms with Gasteiger partial charge in [-0.25, -0.2) is 14.0 Å². The topological polar surface area (TPSA) is 112 Å². The number of rotatable bonds is 4. The monoisotopic (exact) mass is 407 g/mol. The molecule has 3 aromatic heterocycles. The van der Waals surface area contributed by atoms with Crippen molar-refractivity contribution < 1.29 is 27.0 Å². The van der Waals surface area contributed by atoms with Crippen LogP contribution in [0.3, 0.4) is 0 Å². The molecule has 1 aromatic carbocycles. The molecule has 0 atom stereocenters. The van der Waals surface area contributed by atoms with E-state index >= 15 is 0 Å². The van der Waals surface area contributed by atoms with Crippen LogP contribution in [0.25, 0.3) is 22.6 Å². The zero-order valence-electron chi connectivity index (χ0n) is 14.2. The van der Waals surface area contributed by atoms with E-state index in [0.717, 1.165) is 0 Å². The molecule has 0 saturated heterocycles. The third-order valence-corrected chi connectivity index (χ3v) is 3.85. The fourth-order valence-electron chi connectivity index (χ4n) is 2.65. The van der Waals surface area contributed by atoms with Crippen LogP contribution in [0, 0.1) is 5.82 Å². The van der Waals surface area contributed by atoms with Crippen molar-refractivity contribution in [1.82, 2.24) is 30.1 Å². The van der Waals surface area contributed by atoms with Gasteiger partial charge in [0.2, 0.25) is 5.82 Å². The third-order valence-electron chi connectivity index (χ3n) is 3.85. The van der Waals surface area contributed by atoms with Crippen LogP contribution in [0.1, 0.15) is 5.69 Å². The van der Waals surface area contributed by atoms with E-state index in [0.29, 0.717) is 5.69 Å². The SMILES string of the molecule is O=C(Nc1nonc1-c1nc2cccc(F)c2n1Cc1cccnn1)C(F)(F)F. The summed E-state index contributed by atoms with van der Waals surface area (Å²) in [6, 6.07) is 7.38. The summed E-state index contributed by atoms with van der Waals surface area (Å²) in [6.45, 7) is -0.0277. The average Bonchev–Trinajstić information content (AvgIpc) is 3.27. The largest absolute Gasteiger partial charge is 0.471 e. The number of anilines is 1. The molecule has 0 bridgehead atoms. The third kappa shape index (κ3) is 3.49. The number of para-hydroxylation sites is 1. The normalized spacial score (nSPS) is 11.7. The van der Waals surface area contributed by atoms with Gasteiger partial charge < -0.3 is 4.57 Å². The van der Waals surface area contributed by atoms with Gasteiger partial charge in [0.1, 0.15) is 11.3 Å². The smallest absolute Gasteiger partial charge is 0.314 e. The second-order valence-corrected chi connectivity index (χ2v) is 5.76. The fourth-order valence-corrected chi connectivity index (χ4v) is 2.65. The zero-order chi connectivity index (χ0) is 20.6. The molecule has 0 spiro atoms. The lowest BCUT2D eigenvalue weighted by atomic mass is 10.3. The zero-order valence-corrected chi connectivity index (χ0v) is 14.2. The molecule has 0 unspecified atom stereocenters. The summed E-state index contributed by atoms with van der Waals surface area (Å²) >= 11 is 0. The Kier molecular flexibility index (Phi) is 4.41. The molecule has 29 heavy (non-hydrogen) atoms. The van der Waals surface area contributed by atoms with E-state index < -0.39 is 23.7 Å². The molecule has 3 heterocycles. The van der Waals surface area contributed by atoms with E-state index in [1.807, 2.05) is 0 Å². The lowest BCUT2D eigenvalue weighted by Crippen LogP contribution is -2.30. The summed E-state index contributed by atoms with van der Waals surface area (Å²) in [5.74, 6) is -3.57. The first-order chi connectivity index (χ1) is 13.8. The van der Waals surface area contributed by atoms with Crippen molar-refractivity contribution in [3.8, 4) is 11.5 Å². The fraction of sp³-hybridized carbons (Fsp3) is 0.125. The molecular weight excluding hydrogens is 398 g/mol. The summed E-state index contributed by atoms with van der Waals surface area (Å²) in [4.78, 5) is 15.5. The molecule has 0 aliphatic rings. The van der Waals surface area contributed by atoms with Crippen molar-refractivity contribution in [2.45, 2.75) is 12.7 Å². The highest BCUT2D eigenvalue weighted by molar-refractivity contribution is 5.96. The molecule has 1 amide bonds. The lowest BCUT2D eigenvalue weighted by molar-refractivity contribution is -0.167. The van der Waals surface area contributed by atoms with Crippen LogP contribution < -0.4 is 5.32 Å². The number of imidazole rings is 1. The number of hydrogen-bond acceptors (Lipinski definition) is 7. The number of fused-ring (bicyclic) bond motifs is 1. The van der Waals surface area contributed by atoms with Gasteiger partial charge in [0, 0.05) is 6.20 Å². The molecule has 1 N–H and O–H groups in total. The van der Waals surface area contributed by atoms with Crippen molar-refractivity contribution in [1.29, 1.82) is 0 Å². The summed E-state index contributed by atoms with van der Waals surface area (Å²) in [5.41, 5.74) is 0.389. The summed E-state index contributed by atoms with van der Waals surface area (Å²) in [6.07, 6.45) is -3.70. The highest BCUT2D eigenvalue weighted by atomic mass is 19.4. The first kappa shape index (κ1) is 18.5. The number of halogens is 4. The minimum absolute atomic E-state index is 0.0277. The minimum atomic E-state index is -5.15. The maximum atomic E-state index is 14.5. The Bertz CT molecular complexity index is 1190. The maximum Gasteiger partial charge on any atom is 0.471 e. The van der Waals surface area contributed by atoms with E-state index in [4.69, 9.17) is 0 Å². The van der Waals surface area contributed by atoms with Crippen LogP contribution in [0.2, 0.25) is 0 Å². The van der Waals surface area contributed by atoms with Gasteiger partial charge in [0.25, 0.3) is 0 Å². The minimum Gasteiger partial charge on any atom is -0.314 e. The molecule has 4 aromatic rings. The van der Waals surface area contributed by atoms with E-state index in [1.54, 1.807) is 17.4 Å². The molecule has 148 valence electrons. The highest BCUT2D eigenvalue weighted by Gasteiger charge is 2.40. The van der Waals surface area contributed by atoms with Gasteiger partial charge >= 0.3 is 12.1 Å². The van der Waals surface area contributed by atoms with Crippen LogP contribution in [0.15, 0.2) is 41.2 Å². The summed E-state index contributed by atoms with van der Waals surface area (Å²) < 4.78 is 58.1. The molecule has 13 heteroatoms. The van der Waals surface area contributed by atoms with Crippen LogP contribution >= 0.6 is 0 Å². The van der Waals surface area contributed by atoms with Gasteiger partial charge in [-0.05, 0) is 34.6 Å². The van der Waals surface area contributed by atoms with Gasteiger partial charge in [-0.2, -0.15) is 23.4 Å². The molecule has 0 saturated carbocycles. The molecule has 0 aliphatic heterocycles. The number of carbonyl (C=O) groups is 1. The molecule has 9 nitrogen and oxygen atoms in total. The van der Waals surface area contributed by atoms with E-state index in [-0.39, 0.29) is 29.1 Å². The number of hydrogen-bond donors (Lipinski definition) is 1. The number of nitrogens with zero attached hydrogens (tertiary/aromatic N) is 6. The standard InChI is InChI=1S/C16H9F4N7O2/c17-9-4-1-5-10-12(9)27(7-8-3-2-6-21-24-8)14(22-10)11-13(26-29-25-11)23-15(28)16(18,19)20/h1-6H,7H2,(H,23,26,28). The van der Waals surface area contributed by atoms with Gasteiger partial charge in [-0.1, -0.05) is 6.07 Å². The van der Waals surface area contributed by atoms with E-state index in [9.17, 15) is 22.4 Å². The Morgan fingerprint density at radius 2 is 2.00 bits per heavy atom. The number of benzene rings is 1. The maximum absolute atomic E-state index is 14.5. The van der Waals surface area contributed by atoms with Gasteiger partial charge in [-0.15, -0.1) is 0 Å². The Morgan fingerprint density at radius 3 is 2.72 bits per heavy atom. The summed E-state index contributed by atoms with van der Waals surface area (Å²) in [5, 5.41) is 16.1. The quantitative estimate of drug-likeness (QED) is 0.518. The van der Waals surface area contributed by atoms with Crippen molar-refractivity contribution in [3.05, 3.63) is 48.0 Å². The van der Waals surface area contributed by atoms with Gasteiger partial charge in [0.15, 0.2) is 11.5 Å². The van der Waals surface area contributed by atoms with Crippen molar-refractivity contribution in [3.63, 3.8) is 0 Å².